The fourth-order valence-corrected chi connectivity index (χ4v) is 5.57. The molecule has 2 aliphatic heterocycles. The molecule has 0 saturated carbocycles. The Morgan fingerprint density at radius 3 is 2.29 bits per heavy atom. The molecule has 8 heteroatoms. The van der Waals surface area contributed by atoms with Gasteiger partial charge in [0.1, 0.15) is 17.7 Å². The molecule has 1 amide bonds. The number of aromatic nitrogens is 1. The van der Waals surface area contributed by atoms with E-state index in [1.54, 1.807) is 18.3 Å². The first-order chi connectivity index (χ1) is 18.6. The zero-order valence-corrected chi connectivity index (χ0v) is 21.2. The second kappa shape index (κ2) is 11.3. The van der Waals surface area contributed by atoms with Crippen molar-refractivity contribution in [2.45, 2.75) is 11.5 Å². The molecule has 3 aromatic rings. The van der Waals surface area contributed by atoms with Crippen molar-refractivity contribution < 1.29 is 23.9 Å². The van der Waals surface area contributed by atoms with Gasteiger partial charge in [-0.05, 0) is 29.3 Å². The van der Waals surface area contributed by atoms with Crippen LogP contribution in [0.5, 0.6) is 0 Å². The predicted octanol–water partition coefficient (Wildman–Crippen LogP) is 4.70. The first-order valence-corrected chi connectivity index (χ1v) is 13.0. The lowest BCUT2D eigenvalue weighted by Crippen LogP contribution is -2.56. The summed E-state index contributed by atoms with van der Waals surface area (Å²) in [5.74, 6) is -1.22. The fourth-order valence-electron chi connectivity index (χ4n) is 4.30. The molecule has 3 heterocycles. The molecular formula is C30H24N2O5S. The lowest BCUT2D eigenvalue weighted by Gasteiger charge is -2.46. The molecule has 0 spiro atoms. The van der Waals surface area contributed by atoms with Gasteiger partial charge in [0.25, 0.3) is 5.91 Å². The van der Waals surface area contributed by atoms with Crippen molar-refractivity contribution in [1.29, 1.82) is 0 Å². The van der Waals surface area contributed by atoms with E-state index in [0.717, 1.165) is 17.2 Å². The molecule has 2 aliphatic rings. The van der Waals surface area contributed by atoms with Crippen LogP contribution in [0.15, 0.2) is 115 Å². The van der Waals surface area contributed by atoms with Crippen molar-refractivity contribution in [1.82, 2.24) is 9.88 Å². The number of carbonyl (C=O) groups is 3. The van der Waals surface area contributed by atoms with E-state index >= 15 is 0 Å². The number of esters is 2. The fraction of sp³-hybridized carbons (Fsp3) is 0.133. The van der Waals surface area contributed by atoms with Crippen molar-refractivity contribution in [2.24, 2.45) is 0 Å². The summed E-state index contributed by atoms with van der Waals surface area (Å²) >= 11 is 1.47. The molecule has 0 radical (unpaired) electrons. The quantitative estimate of drug-likeness (QED) is 0.240. The molecule has 0 N–H and O–H groups in total. The van der Waals surface area contributed by atoms with Crippen LogP contribution in [0.3, 0.4) is 0 Å². The van der Waals surface area contributed by atoms with Gasteiger partial charge in [-0.2, -0.15) is 0 Å². The Kier molecular flexibility index (Phi) is 7.51. The van der Waals surface area contributed by atoms with Gasteiger partial charge < -0.3 is 9.47 Å². The number of β-lactam (4-membered cyclic amide) rings is 1. The average Bonchev–Trinajstić information content (AvgIpc) is 2.98. The van der Waals surface area contributed by atoms with E-state index in [4.69, 9.17) is 9.47 Å². The van der Waals surface area contributed by atoms with Gasteiger partial charge in [-0.25, -0.2) is 9.59 Å². The third-order valence-corrected chi connectivity index (χ3v) is 7.42. The third kappa shape index (κ3) is 5.17. The van der Waals surface area contributed by atoms with Crippen LogP contribution in [0.1, 0.15) is 22.9 Å². The van der Waals surface area contributed by atoms with Crippen LogP contribution in [-0.2, 0) is 23.9 Å². The number of fused-ring (bicyclic) bond motifs is 1. The molecule has 1 aromatic heterocycles. The zero-order chi connectivity index (χ0) is 26.5. The Bertz CT molecular complexity index is 1380. The Morgan fingerprint density at radius 1 is 1.03 bits per heavy atom. The number of pyridine rings is 1. The van der Waals surface area contributed by atoms with Crippen molar-refractivity contribution >= 4 is 35.7 Å². The summed E-state index contributed by atoms with van der Waals surface area (Å²) in [5, 5.41) is -0.377. The number of hydrogen-bond donors (Lipinski definition) is 0. The molecule has 0 bridgehead atoms. The molecule has 0 aliphatic carbocycles. The molecular weight excluding hydrogens is 500 g/mol. The summed E-state index contributed by atoms with van der Waals surface area (Å²) in [6.45, 7) is 3.27. The molecule has 190 valence electrons. The van der Waals surface area contributed by atoms with E-state index in [1.165, 1.54) is 16.7 Å². The average molecular weight is 525 g/mol. The molecule has 38 heavy (non-hydrogen) atoms. The minimum Gasteiger partial charge on any atom is -0.458 e. The van der Waals surface area contributed by atoms with E-state index in [-0.39, 0.29) is 23.6 Å². The molecule has 1 saturated heterocycles. The number of benzene rings is 2. The number of hydrogen-bond acceptors (Lipinski definition) is 7. The van der Waals surface area contributed by atoms with Crippen LogP contribution in [0, 0.1) is 0 Å². The first kappa shape index (κ1) is 25.2. The van der Waals surface area contributed by atoms with Crippen molar-refractivity contribution in [2.75, 3.05) is 12.4 Å². The second-order valence-corrected chi connectivity index (χ2v) is 9.63. The Balaban J connectivity index is 1.49. The first-order valence-electron chi connectivity index (χ1n) is 12.0. The second-order valence-electron chi connectivity index (χ2n) is 8.56. The maximum absolute atomic E-state index is 13.8. The largest absolute Gasteiger partial charge is 0.458 e. The van der Waals surface area contributed by atoms with Gasteiger partial charge in [0.05, 0.1) is 11.3 Å². The molecule has 2 aromatic carbocycles. The lowest BCUT2D eigenvalue weighted by atomic mass is 10.00. The Labute approximate surface area is 224 Å². The summed E-state index contributed by atoms with van der Waals surface area (Å²) < 4.78 is 11.3. The maximum atomic E-state index is 13.8. The summed E-state index contributed by atoms with van der Waals surface area (Å²) in [6, 6.07) is 24.3. The molecule has 1 atom stereocenters. The molecule has 5 rings (SSSR count). The van der Waals surface area contributed by atoms with E-state index in [0.29, 0.717) is 22.6 Å². The van der Waals surface area contributed by atoms with E-state index in [2.05, 4.69) is 11.6 Å². The lowest BCUT2D eigenvalue weighted by molar-refractivity contribution is -0.149. The number of thioether (sulfide) groups is 1. The highest BCUT2D eigenvalue weighted by molar-refractivity contribution is 8.00. The van der Waals surface area contributed by atoms with E-state index in [1.807, 2.05) is 72.8 Å². The van der Waals surface area contributed by atoms with Crippen LogP contribution in [-0.4, -0.2) is 45.5 Å². The molecule has 7 nitrogen and oxygen atoms in total. The number of amides is 1. The van der Waals surface area contributed by atoms with Crippen molar-refractivity contribution in [3.05, 3.63) is 131 Å². The Morgan fingerprint density at radius 2 is 1.68 bits per heavy atom. The van der Waals surface area contributed by atoms with E-state index in [9.17, 15) is 14.4 Å². The number of ether oxygens (including phenoxy) is 2. The van der Waals surface area contributed by atoms with Crippen LogP contribution >= 0.6 is 11.8 Å². The van der Waals surface area contributed by atoms with E-state index < -0.39 is 18.0 Å². The SMILES string of the molecule is C=CC(=O)OCC1=C(C(=O)OC(c2ccccc2)c2ccccc2)N2C(=O)/C(=C/c3ccccn3)[C@H]2SC1. The van der Waals surface area contributed by atoms with Crippen LogP contribution < -0.4 is 0 Å². The summed E-state index contributed by atoms with van der Waals surface area (Å²) in [5.41, 5.74) is 3.38. The highest BCUT2D eigenvalue weighted by atomic mass is 32.2. The van der Waals surface area contributed by atoms with Crippen LogP contribution in [0.4, 0.5) is 0 Å². The standard InChI is InChI=1S/C30H24N2O5S/c1-2-25(33)36-18-22-19-38-29-24(17-23-15-9-10-16-31-23)28(34)32(29)26(22)30(35)37-27(20-11-5-3-6-12-20)21-13-7-4-8-14-21/h2-17,27,29H,1,18-19H2/b24-17-/t29-/m1/s1. The maximum Gasteiger partial charge on any atom is 0.356 e. The molecule has 0 unspecified atom stereocenters. The highest BCUT2D eigenvalue weighted by Crippen LogP contribution is 2.45. The van der Waals surface area contributed by atoms with Crippen LogP contribution in [0.2, 0.25) is 0 Å². The third-order valence-electron chi connectivity index (χ3n) is 6.13. The van der Waals surface area contributed by atoms with Crippen molar-refractivity contribution in [3.63, 3.8) is 0 Å². The van der Waals surface area contributed by atoms with Gasteiger partial charge >= 0.3 is 11.9 Å². The van der Waals surface area contributed by atoms with Gasteiger partial charge in [-0.3, -0.25) is 14.7 Å². The van der Waals surface area contributed by atoms with Gasteiger partial charge in [0.15, 0.2) is 6.10 Å². The van der Waals surface area contributed by atoms with Gasteiger partial charge in [-0.15, -0.1) is 11.8 Å². The summed E-state index contributed by atoms with van der Waals surface area (Å²) in [4.78, 5) is 44.6. The van der Waals surface area contributed by atoms with Gasteiger partial charge in [0, 0.05) is 23.6 Å². The number of nitrogens with zero attached hydrogens (tertiary/aromatic N) is 2. The van der Waals surface area contributed by atoms with Crippen molar-refractivity contribution in [3.8, 4) is 0 Å². The van der Waals surface area contributed by atoms with Crippen LogP contribution in [0.25, 0.3) is 6.08 Å². The predicted molar refractivity (Wildman–Crippen MR) is 144 cm³/mol. The number of rotatable bonds is 8. The highest BCUT2D eigenvalue weighted by Gasteiger charge is 2.50. The number of carbonyl (C=O) groups excluding carboxylic acids is 3. The Hall–Kier alpha value is -4.43. The minimum absolute atomic E-state index is 0.102. The monoisotopic (exact) mass is 524 g/mol. The topological polar surface area (TPSA) is 85.8 Å². The van der Waals surface area contributed by atoms with Gasteiger partial charge in [0.2, 0.25) is 0 Å². The normalized spacial score (nSPS) is 17.6. The minimum atomic E-state index is -0.692. The summed E-state index contributed by atoms with van der Waals surface area (Å²) in [6.07, 6.45) is 3.76. The smallest absolute Gasteiger partial charge is 0.356 e. The zero-order valence-electron chi connectivity index (χ0n) is 20.4. The van der Waals surface area contributed by atoms with Gasteiger partial charge in [-0.1, -0.05) is 73.3 Å². The summed E-state index contributed by atoms with van der Waals surface area (Å²) in [7, 11) is 0. The molecule has 1 fully saturated rings.